The molecule has 3 aromatic heterocycles. The van der Waals surface area contributed by atoms with Crippen molar-refractivity contribution in [1.82, 2.24) is 19.9 Å². The molecular formula is C22H21N5O2. The lowest BCUT2D eigenvalue weighted by molar-refractivity contribution is 0.432. The number of hydrogen-bond acceptors (Lipinski definition) is 6. The van der Waals surface area contributed by atoms with Crippen LogP contribution in [0.4, 0.5) is 5.82 Å². The van der Waals surface area contributed by atoms with Crippen LogP contribution in [0.1, 0.15) is 49.5 Å². The number of benzene rings is 1. The molecule has 0 saturated heterocycles. The van der Waals surface area contributed by atoms with E-state index in [2.05, 4.69) is 37.4 Å². The van der Waals surface area contributed by atoms with Crippen molar-refractivity contribution in [3.8, 4) is 0 Å². The molecule has 2 atom stereocenters. The third-order valence-corrected chi connectivity index (χ3v) is 5.55. The van der Waals surface area contributed by atoms with Crippen LogP contribution in [0.15, 0.2) is 58.3 Å². The molecule has 3 heterocycles. The van der Waals surface area contributed by atoms with Gasteiger partial charge in [-0.2, -0.15) is 0 Å². The Morgan fingerprint density at radius 1 is 1.17 bits per heavy atom. The van der Waals surface area contributed by atoms with Crippen LogP contribution < -0.4 is 10.9 Å². The van der Waals surface area contributed by atoms with Gasteiger partial charge in [0.1, 0.15) is 17.6 Å². The number of hydrogen-bond donors (Lipinski definition) is 2. The predicted molar refractivity (Wildman–Crippen MR) is 112 cm³/mol. The number of aromatic nitrogens is 4. The normalized spacial score (nSPS) is 17.6. The van der Waals surface area contributed by atoms with Gasteiger partial charge in [0.15, 0.2) is 11.5 Å². The molecule has 146 valence electrons. The molecule has 1 aromatic carbocycles. The monoisotopic (exact) mass is 387 g/mol. The van der Waals surface area contributed by atoms with Gasteiger partial charge in [-0.3, -0.25) is 0 Å². The van der Waals surface area contributed by atoms with Crippen LogP contribution in [0.25, 0.3) is 21.9 Å². The van der Waals surface area contributed by atoms with E-state index in [0.717, 1.165) is 30.2 Å². The zero-order chi connectivity index (χ0) is 19.8. The lowest BCUT2D eigenvalue weighted by Crippen LogP contribution is -2.17. The molecule has 29 heavy (non-hydrogen) atoms. The first kappa shape index (κ1) is 17.6. The molecular weight excluding hydrogens is 366 g/mol. The molecule has 2 unspecified atom stereocenters. The maximum Gasteiger partial charge on any atom is 0.343 e. The lowest BCUT2D eigenvalue weighted by atomic mass is 9.83. The fourth-order valence-electron chi connectivity index (χ4n) is 4.18. The number of anilines is 1. The highest BCUT2D eigenvalue weighted by molar-refractivity contribution is 5.86. The first-order chi connectivity index (χ1) is 14.2. The largest absolute Gasteiger partial charge is 0.425 e. The number of nitrogens with zero attached hydrogens (tertiary/aromatic N) is 3. The van der Waals surface area contributed by atoms with Crippen LogP contribution in [-0.2, 0) is 0 Å². The van der Waals surface area contributed by atoms with Crippen LogP contribution in [0.3, 0.4) is 0 Å². The Labute approximate surface area is 166 Å². The quantitative estimate of drug-likeness (QED) is 0.502. The molecule has 0 radical (unpaired) electrons. The second-order valence-electron chi connectivity index (χ2n) is 7.38. The smallest absolute Gasteiger partial charge is 0.343 e. The van der Waals surface area contributed by atoms with Crippen molar-refractivity contribution in [3.63, 3.8) is 0 Å². The van der Waals surface area contributed by atoms with E-state index >= 15 is 0 Å². The molecule has 1 aliphatic rings. The zero-order valence-electron chi connectivity index (χ0n) is 16.1. The van der Waals surface area contributed by atoms with Gasteiger partial charge in [-0.15, -0.1) is 0 Å². The maximum atomic E-state index is 12.7. The molecule has 0 amide bonds. The van der Waals surface area contributed by atoms with E-state index in [1.165, 1.54) is 6.33 Å². The van der Waals surface area contributed by atoms with Gasteiger partial charge >= 0.3 is 5.63 Å². The van der Waals surface area contributed by atoms with Gasteiger partial charge in [-0.25, -0.2) is 19.7 Å². The van der Waals surface area contributed by atoms with E-state index in [1.54, 1.807) is 6.33 Å². The minimum absolute atomic E-state index is 0.261. The second-order valence-corrected chi connectivity index (χ2v) is 7.38. The molecule has 0 saturated carbocycles. The van der Waals surface area contributed by atoms with Crippen molar-refractivity contribution in [3.05, 3.63) is 70.8 Å². The molecule has 0 fully saturated rings. The molecule has 0 spiro atoms. The van der Waals surface area contributed by atoms with Gasteiger partial charge in [0.25, 0.3) is 0 Å². The summed E-state index contributed by atoms with van der Waals surface area (Å²) in [7, 11) is 0. The highest BCUT2D eigenvalue weighted by Gasteiger charge is 2.26. The summed E-state index contributed by atoms with van der Waals surface area (Å²) in [4.78, 5) is 28.5. The van der Waals surface area contributed by atoms with Gasteiger partial charge in [-0.1, -0.05) is 30.4 Å². The van der Waals surface area contributed by atoms with Gasteiger partial charge in [0, 0.05) is 5.56 Å². The first-order valence-corrected chi connectivity index (χ1v) is 9.83. The number of nitrogens with one attached hydrogen (secondary N) is 2. The highest BCUT2D eigenvalue weighted by atomic mass is 16.4. The summed E-state index contributed by atoms with van der Waals surface area (Å²) in [6, 6.07) is 7.45. The fraction of sp³-hybridized carbons (Fsp3) is 0.273. The lowest BCUT2D eigenvalue weighted by Gasteiger charge is -2.25. The number of imidazole rings is 1. The SMILES string of the molecule is CC(Nc1ncnc2[nH]cnc12)c1oc(=O)c2ccccc2c1C1CC=CCC1. The van der Waals surface area contributed by atoms with Crippen LogP contribution in [-0.4, -0.2) is 19.9 Å². The third-order valence-electron chi connectivity index (χ3n) is 5.55. The van der Waals surface area contributed by atoms with E-state index in [4.69, 9.17) is 4.42 Å². The van der Waals surface area contributed by atoms with Crippen molar-refractivity contribution < 1.29 is 4.42 Å². The molecule has 7 heteroatoms. The minimum Gasteiger partial charge on any atom is -0.425 e. The predicted octanol–water partition coefficient (Wildman–Crippen LogP) is 4.46. The number of fused-ring (bicyclic) bond motifs is 2. The van der Waals surface area contributed by atoms with Crippen molar-refractivity contribution in [2.45, 2.75) is 38.1 Å². The number of rotatable bonds is 4. The Bertz CT molecular complexity index is 1270. The summed E-state index contributed by atoms with van der Waals surface area (Å²) in [5, 5.41) is 4.98. The van der Waals surface area contributed by atoms with Crippen molar-refractivity contribution >= 4 is 27.8 Å². The molecule has 5 rings (SSSR count). The van der Waals surface area contributed by atoms with E-state index in [1.807, 2.05) is 31.2 Å². The Balaban J connectivity index is 1.64. The van der Waals surface area contributed by atoms with E-state index in [0.29, 0.717) is 34.0 Å². The fourth-order valence-corrected chi connectivity index (χ4v) is 4.18. The highest BCUT2D eigenvalue weighted by Crippen LogP contribution is 2.38. The Morgan fingerprint density at radius 2 is 2.03 bits per heavy atom. The molecule has 2 N–H and O–H groups in total. The number of H-pyrrole nitrogens is 1. The number of aromatic amines is 1. The first-order valence-electron chi connectivity index (χ1n) is 9.83. The van der Waals surface area contributed by atoms with Crippen LogP contribution in [0, 0.1) is 0 Å². The molecule has 0 aliphatic heterocycles. The summed E-state index contributed by atoms with van der Waals surface area (Å²) < 4.78 is 5.89. The van der Waals surface area contributed by atoms with Crippen molar-refractivity contribution in [1.29, 1.82) is 0 Å². The van der Waals surface area contributed by atoms with Crippen LogP contribution >= 0.6 is 0 Å². The van der Waals surface area contributed by atoms with Crippen LogP contribution in [0.2, 0.25) is 0 Å². The summed E-state index contributed by atoms with van der Waals surface area (Å²) in [5.74, 6) is 1.58. The summed E-state index contributed by atoms with van der Waals surface area (Å²) in [5.41, 5.74) is 2.11. The maximum absolute atomic E-state index is 12.7. The van der Waals surface area contributed by atoms with Crippen molar-refractivity contribution in [2.75, 3.05) is 5.32 Å². The zero-order valence-corrected chi connectivity index (χ0v) is 16.1. The van der Waals surface area contributed by atoms with Crippen molar-refractivity contribution in [2.24, 2.45) is 0 Å². The van der Waals surface area contributed by atoms with E-state index in [-0.39, 0.29) is 11.7 Å². The minimum atomic E-state index is -0.313. The average Bonchev–Trinajstić information content (AvgIpc) is 3.24. The average molecular weight is 387 g/mol. The summed E-state index contributed by atoms with van der Waals surface area (Å²) in [6.07, 6.45) is 10.5. The summed E-state index contributed by atoms with van der Waals surface area (Å²) in [6.45, 7) is 1.98. The molecule has 7 nitrogen and oxygen atoms in total. The Morgan fingerprint density at radius 3 is 2.86 bits per heavy atom. The standard InChI is InChI=1S/C22H21N5O2/c1-13(27-21-18-20(24-11-23-18)25-12-26-21)19-17(14-7-3-2-4-8-14)15-9-5-6-10-16(15)22(28)29-19/h2-3,5-6,9-14H,4,7-8H2,1H3,(H2,23,24,25,26,27). The van der Waals surface area contributed by atoms with Crippen LogP contribution in [0.5, 0.6) is 0 Å². The van der Waals surface area contributed by atoms with Gasteiger partial charge in [0.2, 0.25) is 0 Å². The van der Waals surface area contributed by atoms with Gasteiger partial charge in [0.05, 0.1) is 17.8 Å². The van der Waals surface area contributed by atoms with E-state index < -0.39 is 0 Å². The Kier molecular flexibility index (Phi) is 4.35. The van der Waals surface area contributed by atoms with Gasteiger partial charge < -0.3 is 14.7 Å². The second kappa shape index (κ2) is 7.16. The molecule has 1 aliphatic carbocycles. The topological polar surface area (TPSA) is 96.7 Å². The third kappa shape index (κ3) is 3.08. The molecule has 4 aromatic rings. The van der Waals surface area contributed by atoms with Gasteiger partial charge in [-0.05, 0) is 43.6 Å². The summed E-state index contributed by atoms with van der Waals surface area (Å²) >= 11 is 0. The number of allylic oxidation sites excluding steroid dienone is 2. The van der Waals surface area contributed by atoms with E-state index in [9.17, 15) is 4.79 Å². The molecule has 0 bridgehead atoms. The Hall–Kier alpha value is -3.48.